The molecule has 0 fully saturated rings. The van der Waals surface area contributed by atoms with E-state index in [0.717, 1.165) is 6.07 Å². The summed E-state index contributed by atoms with van der Waals surface area (Å²) in [6.45, 7) is 1.59. The highest BCUT2D eigenvalue weighted by Gasteiger charge is 2.12. The van der Waals surface area contributed by atoms with Crippen LogP contribution in [0.2, 0.25) is 0 Å². The van der Waals surface area contributed by atoms with Crippen LogP contribution in [0, 0.1) is 5.82 Å². The van der Waals surface area contributed by atoms with Crippen LogP contribution >= 0.6 is 0 Å². The monoisotopic (exact) mass is 171 g/mol. The predicted octanol–water partition coefficient (Wildman–Crippen LogP) is 1.26. The molecule has 0 aliphatic carbocycles. The number of hydrogen-bond donors (Lipinski definition) is 3. The molecule has 0 radical (unpaired) electrons. The maximum atomic E-state index is 12.7. The van der Waals surface area contributed by atoms with Crippen LogP contribution in [0.15, 0.2) is 12.1 Å². The van der Waals surface area contributed by atoms with Gasteiger partial charge in [0.25, 0.3) is 0 Å². The summed E-state index contributed by atoms with van der Waals surface area (Å²) in [5, 5.41) is 18.1. The number of nitrogens with two attached hydrogens (primary N) is 1. The zero-order chi connectivity index (χ0) is 9.30. The van der Waals surface area contributed by atoms with Gasteiger partial charge in [0.15, 0.2) is 11.6 Å². The van der Waals surface area contributed by atoms with Gasteiger partial charge >= 0.3 is 0 Å². The number of aromatic hydroxyl groups is 2. The smallest absolute Gasteiger partial charge is 0.168 e. The van der Waals surface area contributed by atoms with E-state index < -0.39 is 17.6 Å². The molecule has 3 nitrogen and oxygen atoms in total. The zero-order valence-electron chi connectivity index (χ0n) is 6.58. The lowest BCUT2D eigenvalue weighted by Crippen LogP contribution is -2.05. The van der Waals surface area contributed by atoms with E-state index in [2.05, 4.69) is 0 Å². The van der Waals surface area contributed by atoms with E-state index in [4.69, 9.17) is 15.9 Å². The van der Waals surface area contributed by atoms with E-state index >= 15 is 0 Å². The number of phenols is 2. The third-order valence-corrected chi connectivity index (χ3v) is 1.57. The van der Waals surface area contributed by atoms with E-state index in [1.807, 2.05) is 0 Å². The minimum Gasteiger partial charge on any atom is -0.508 e. The molecule has 0 spiro atoms. The molecule has 0 aliphatic heterocycles. The van der Waals surface area contributed by atoms with Crippen molar-refractivity contribution in [2.24, 2.45) is 5.73 Å². The van der Waals surface area contributed by atoms with Crippen molar-refractivity contribution < 1.29 is 14.6 Å². The maximum Gasteiger partial charge on any atom is 0.168 e. The molecule has 0 aliphatic rings. The molecule has 0 saturated heterocycles. The van der Waals surface area contributed by atoms with E-state index in [1.165, 1.54) is 6.07 Å². The normalized spacial score (nSPS) is 12.9. The number of benzene rings is 1. The SMILES string of the molecule is C[C@@H](N)c1cc(O)cc(F)c1O. The second-order valence-corrected chi connectivity index (χ2v) is 2.65. The molecule has 1 aromatic rings. The van der Waals surface area contributed by atoms with Gasteiger partial charge in [-0.05, 0) is 13.0 Å². The minimum atomic E-state index is -0.859. The largest absolute Gasteiger partial charge is 0.508 e. The average molecular weight is 171 g/mol. The molecule has 0 heterocycles. The summed E-state index contributed by atoms with van der Waals surface area (Å²) in [7, 11) is 0. The molecule has 0 amide bonds. The summed E-state index contributed by atoms with van der Waals surface area (Å²) < 4.78 is 12.7. The standard InChI is InChI=1S/C8H10FNO2/c1-4(10)6-2-5(11)3-7(9)8(6)12/h2-4,11-12H,10H2,1H3/t4-/m1/s1. The molecule has 0 unspecified atom stereocenters. The molecular formula is C8H10FNO2. The highest BCUT2D eigenvalue weighted by Crippen LogP contribution is 2.29. The van der Waals surface area contributed by atoms with Crippen molar-refractivity contribution in [1.29, 1.82) is 0 Å². The van der Waals surface area contributed by atoms with Gasteiger partial charge in [-0.25, -0.2) is 4.39 Å². The summed E-state index contributed by atoms with van der Waals surface area (Å²) in [4.78, 5) is 0. The molecule has 0 saturated carbocycles. The Morgan fingerprint density at radius 2 is 2.00 bits per heavy atom. The Bertz CT molecular complexity index is 299. The lowest BCUT2D eigenvalue weighted by atomic mass is 10.1. The molecule has 0 bridgehead atoms. The number of phenolic OH excluding ortho intramolecular Hbond substituents is 2. The van der Waals surface area contributed by atoms with E-state index in [9.17, 15) is 4.39 Å². The van der Waals surface area contributed by atoms with Gasteiger partial charge in [0, 0.05) is 17.7 Å². The van der Waals surface area contributed by atoms with Gasteiger partial charge in [0.2, 0.25) is 0 Å². The molecule has 1 atom stereocenters. The summed E-state index contributed by atoms with van der Waals surface area (Å²) >= 11 is 0. The Kier molecular flexibility index (Phi) is 2.19. The van der Waals surface area contributed by atoms with E-state index in [1.54, 1.807) is 6.92 Å². The minimum absolute atomic E-state index is 0.201. The molecule has 4 heteroatoms. The number of hydrogen-bond acceptors (Lipinski definition) is 3. The average Bonchev–Trinajstić information content (AvgIpc) is 1.96. The Morgan fingerprint density at radius 1 is 1.42 bits per heavy atom. The summed E-state index contributed by atoms with van der Waals surface area (Å²) in [5.74, 6) is -1.59. The second-order valence-electron chi connectivity index (χ2n) is 2.65. The Labute approximate surface area is 69.3 Å². The quantitative estimate of drug-likeness (QED) is 0.557. The van der Waals surface area contributed by atoms with Crippen LogP contribution in [-0.2, 0) is 0 Å². The topological polar surface area (TPSA) is 66.5 Å². The summed E-state index contributed by atoms with van der Waals surface area (Å²) in [5.41, 5.74) is 5.62. The van der Waals surface area contributed by atoms with Crippen LogP contribution in [0.4, 0.5) is 4.39 Å². The Morgan fingerprint density at radius 3 is 2.50 bits per heavy atom. The molecule has 1 aromatic carbocycles. The van der Waals surface area contributed by atoms with Crippen molar-refractivity contribution in [2.75, 3.05) is 0 Å². The Hall–Kier alpha value is -1.29. The van der Waals surface area contributed by atoms with Gasteiger partial charge in [-0.15, -0.1) is 0 Å². The van der Waals surface area contributed by atoms with Crippen molar-refractivity contribution in [3.8, 4) is 11.5 Å². The van der Waals surface area contributed by atoms with Crippen LogP contribution < -0.4 is 5.73 Å². The van der Waals surface area contributed by atoms with Crippen LogP contribution in [0.1, 0.15) is 18.5 Å². The predicted molar refractivity (Wildman–Crippen MR) is 42.3 cm³/mol. The van der Waals surface area contributed by atoms with Gasteiger partial charge in [0.05, 0.1) is 0 Å². The van der Waals surface area contributed by atoms with E-state index in [0.29, 0.717) is 0 Å². The number of rotatable bonds is 1. The fourth-order valence-electron chi connectivity index (χ4n) is 0.953. The van der Waals surface area contributed by atoms with Crippen molar-refractivity contribution in [3.05, 3.63) is 23.5 Å². The van der Waals surface area contributed by atoms with Crippen molar-refractivity contribution in [2.45, 2.75) is 13.0 Å². The van der Waals surface area contributed by atoms with Crippen molar-refractivity contribution in [1.82, 2.24) is 0 Å². The first-order valence-corrected chi connectivity index (χ1v) is 3.49. The third-order valence-electron chi connectivity index (χ3n) is 1.57. The fraction of sp³-hybridized carbons (Fsp3) is 0.250. The van der Waals surface area contributed by atoms with Gasteiger partial charge < -0.3 is 15.9 Å². The first-order valence-electron chi connectivity index (χ1n) is 3.49. The van der Waals surface area contributed by atoms with Gasteiger partial charge in [-0.2, -0.15) is 0 Å². The second kappa shape index (κ2) is 2.98. The van der Waals surface area contributed by atoms with Crippen LogP contribution in [0.3, 0.4) is 0 Å². The fourth-order valence-corrected chi connectivity index (χ4v) is 0.953. The van der Waals surface area contributed by atoms with Crippen LogP contribution in [-0.4, -0.2) is 10.2 Å². The molecule has 66 valence electrons. The first kappa shape index (κ1) is 8.80. The van der Waals surface area contributed by atoms with E-state index in [-0.39, 0.29) is 11.3 Å². The highest BCUT2D eigenvalue weighted by molar-refractivity contribution is 5.41. The molecule has 1 rings (SSSR count). The molecule has 12 heavy (non-hydrogen) atoms. The maximum absolute atomic E-state index is 12.7. The highest BCUT2D eigenvalue weighted by atomic mass is 19.1. The lowest BCUT2D eigenvalue weighted by molar-refractivity contribution is 0.411. The van der Waals surface area contributed by atoms with Crippen molar-refractivity contribution in [3.63, 3.8) is 0 Å². The third kappa shape index (κ3) is 1.48. The lowest BCUT2D eigenvalue weighted by Gasteiger charge is -2.08. The van der Waals surface area contributed by atoms with Crippen LogP contribution in [0.25, 0.3) is 0 Å². The van der Waals surface area contributed by atoms with Crippen molar-refractivity contribution >= 4 is 0 Å². The molecular weight excluding hydrogens is 161 g/mol. The number of halogens is 1. The summed E-state index contributed by atoms with van der Waals surface area (Å²) in [6.07, 6.45) is 0. The molecule has 4 N–H and O–H groups in total. The first-order chi connectivity index (χ1) is 5.52. The Balaban J connectivity index is 3.28. The van der Waals surface area contributed by atoms with Gasteiger partial charge in [-0.1, -0.05) is 0 Å². The van der Waals surface area contributed by atoms with Gasteiger partial charge in [-0.3, -0.25) is 0 Å². The van der Waals surface area contributed by atoms with Gasteiger partial charge in [0.1, 0.15) is 5.75 Å². The zero-order valence-corrected chi connectivity index (χ0v) is 6.58. The summed E-state index contributed by atoms with van der Waals surface area (Å²) in [6, 6.07) is 1.57. The molecule has 0 aromatic heterocycles. The van der Waals surface area contributed by atoms with Crippen LogP contribution in [0.5, 0.6) is 11.5 Å².